The fourth-order valence-corrected chi connectivity index (χ4v) is 6.46. The first-order valence-corrected chi connectivity index (χ1v) is 25.5. The van der Waals surface area contributed by atoms with Crippen molar-refractivity contribution in [3.8, 4) is 11.1 Å². The fraction of sp³-hybridized carbons (Fsp3) is 0.438. The third-order valence-electron chi connectivity index (χ3n) is 8.08. The molecule has 0 spiro atoms. The standard InChI is InChI=1S/C20H24N2O4.C14H19BrN2O4.C9H16INO4.C5H3BrIN.Cu.Zn/c1-13-7-5-6-8-16(13)14-9-10-15(21-12-14)11-17(18(23)24)22-19(25)26-20(2,3)4;1-14(2,3)21-13(19)17-11(12(18)20-4)7-10-6-5-9(15)8-16-10;1-9(2,3)15-8(13)11-6(5-10)7(12)14-4;6-4-1-2-5(7)8-3-4;;/h5-10,12,17H,11H2,1-4H3,(H,22,25)(H,23,24);5-6,8,11H,7H2,1-4H3,(H,17,19);6H,5H2,1-4H3,(H,11,13);1-3H;;/t17-;11-;6-;;;/m000.../s1. The fourth-order valence-electron chi connectivity index (χ4n) is 5.09. The number of nitrogens with zero attached hydrogens (tertiary/aromatic N) is 3. The van der Waals surface area contributed by atoms with E-state index in [4.69, 9.17) is 18.9 Å². The summed E-state index contributed by atoms with van der Waals surface area (Å²) in [7, 11) is 2.54. The maximum Gasteiger partial charge on any atom is 0.408 e. The average Bonchev–Trinajstić information content (AvgIpc) is 3.25. The Kier molecular flexibility index (Phi) is 34.1. The number of alkyl carbamates (subject to hydrolysis) is 3. The summed E-state index contributed by atoms with van der Waals surface area (Å²) in [5, 5.41) is 16.7. The number of esters is 2. The molecule has 0 fully saturated rings. The van der Waals surface area contributed by atoms with E-state index < -0.39 is 71.1 Å². The number of alkyl halides is 1. The number of aryl methyl sites for hydroxylation is 1. The molecule has 0 aliphatic heterocycles. The summed E-state index contributed by atoms with van der Waals surface area (Å²) in [6, 6.07) is 16.5. The van der Waals surface area contributed by atoms with Gasteiger partial charge in [0.1, 0.15) is 38.6 Å². The Morgan fingerprint density at radius 1 is 0.611 bits per heavy atom. The van der Waals surface area contributed by atoms with Crippen molar-refractivity contribution in [3.63, 3.8) is 0 Å². The van der Waals surface area contributed by atoms with E-state index in [-0.39, 0.29) is 49.4 Å². The summed E-state index contributed by atoms with van der Waals surface area (Å²) in [6.45, 7) is 17.7. The summed E-state index contributed by atoms with van der Waals surface area (Å²) in [4.78, 5) is 81.8. The molecule has 3 heterocycles. The molecule has 397 valence electrons. The number of aliphatic carboxylic acids is 1. The van der Waals surface area contributed by atoms with Gasteiger partial charge in [-0.15, -0.1) is 0 Å². The minimum absolute atomic E-state index is 0. The zero-order valence-corrected chi connectivity index (χ0v) is 53.6. The Morgan fingerprint density at radius 3 is 1.38 bits per heavy atom. The second-order valence-electron chi connectivity index (χ2n) is 17.7. The number of pyridine rings is 3. The number of ether oxygens (including phenoxy) is 5. The molecule has 3 aromatic heterocycles. The van der Waals surface area contributed by atoms with Crippen molar-refractivity contribution in [2.24, 2.45) is 0 Å². The second-order valence-corrected chi connectivity index (χ2v) is 21.5. The largest absolute Gasteiger partial charge is 0.480 e. The molecule has 1 aromatic carbocycles. The molecule has 18 nitrogen and oxygen atoms in total. The van der Waals surface area contributed by atoms with Gasteiger partial charge in [0.15, 0.2) is 0 Å². The zero-order chi connectivity index (χ0) is 53.4. The molecule has 3 amide bonds. The number of methoxy groups -OCH3 is 2. The molecule has 72 heavy (non-hydrogen) atoms. The number of carbonyl (C=O) groups excluding carboxylic acids is 5. The molecular formula is C48H62Br2CuI2N6O12Zn. The number of carboxylic acids is 1. The third-order valence-corrected chi connectivity index (χ3v) is 10.5. The van der Waals surface area contributed by atoms with Crippen LogP contribution in [0.15, 0.2) is 88.2 Å². The van der Waals surface area contributed by atoms with Crippen LogP contribution in [0.3, 0.4) is 0 Å². The molecule has 1 radical (unpaired) electrons. The Bertz CT molecular complexity index is 2280. The summed E-state index contributed by atoms with van der Waals surface area (Å²) in [5.41, 5.74) is 2.50. The van der Waals surface area contributed by atoms with Crippen molar-refractivity contribution in [1.29, 1.82) is 0 Å². The van der Waals surface area contributed by atoms with Gasteiger partial charge in [0, 0.05) is 98.3 Å². The van der Waals surface area contributed by atoms with Crippen molar-refractivity contribution < 1.29 is 94.1 Å². The maximum atomic E-state index is 11.8. The molecule has 0 aliphatic carbocycles. The average molecular weight is 1460 g/mol. The minimum atomic E-state index is -1.14. The van der Waals surface area contributed by atoms with Crippen LogP contribution in [0.5, 0.6) is 0 Å². The van der Waals surface area contributed by atoms with Gasteiger partial charge < -0.3 is 44.7 Å². The van der Waals surface area contributed by atoms with E-state index in [1.807, 2.05) is 78.0 Å². The predicted octanol–water partition coefficient (Wildman–Crippen LogP) is 9.96. The molecule has 4 rings (SSSR count). The molecule has 0 saturated heterocycles. The second kappa shape index (κ2) is 34.8. The molecule has 24 heteroatoms. The van der Waals surface area contributed by atoms with Crippen molar-refractivity contribution in [1.82, 2.24) is 30.9 Å². The summed E-state index contributed by atoms with van der Waals surface area (Å²) < 4.78 is 27.8. The predicted molar refractivity (Wildman–Crippen MR) is 288 cm³/mol. The number of benzene rings is 1. The van der Waals surface area contributed by atoms with Crippen LogP contribution >= 0.6 is 77.0 Å². The van der Waals surface area contributed by atoms with Crippen molar-refractivity contribution in [2.45, 2.75) is 117 Å². The molecule has 0 bridgehead atoms. The van der Waals surface area contributed by atoms with Gasteiger partial charge in [-0.1, -0.05) is 52.9 Å². The van der Waals surface area contributed by atoms with E-state index in [0.29, 0.717) is 15.8 Å². The van der Waals surface area contributed by atoms with Gasteiger partial charge in [0.2, 0.25) is 0 Å². The van der Waals surface area contributed by atoms with E-state index in [0.717, 1.165) is 29.3 Å². The van der Waals surface area contributed by atoms with E-state index in [1.165, 1.54) is 14.2 Å². The van der Waals surface area contributed by atoms with Gasteiger partial charge in [-0.05, 0) is 165 Å². The SMILES string of the molecule is Brc1ccc(I)nc1.COC(=O)[C@H](CI)NC(=O)OC(C)(C)C.COC(=O)[C@H](Cc1ccc(Br)cn1)NC(=O)OC(C)(C)C.Cc1ccccc1-c1ccc(C[C@H](NC(=O)OC(C)(C)C)C(=O)O)nc1.[Cu].[Zn]. The van der Waals surface area contributed by atoms with Crippen LogP contribution in [0.2, 0.25) is 0 Å². The van der Waals surface area contributed by atoms with Crippen molar-refractivity contribution >= 4 is 113 Å². The molecule has 0 saturated carbocycles. The molecule has 0 aliphatic rings. The number of carbonyl (C=O) groups is 6. The van der Waals surface area contributed by atoms with E-state index >= 15 is 0 Å². The Labute approximate surface area is 489 Å². The van der Waals surface area contributed by atoms with E-state index in [2.05, 4.69) is 90.1 Å². The first-order chi connectivity index (χ1) is 32.4. The van der Waals surface area contributed by atoms with Crippen LogP contribution in [-0.4, -0.2) is 110 Å². The van der Waals surface area contributed by atoms with Gasteiger partial charge in [-0.3, -0.25) is 9.97 Å². The molecule has 3 atom stereocenters. The summed E-state index contributed by atoms with van der Waals surface area (Å²) in [5.74, 6) is -2.17. The van der Waals surface area contributed by atoms with Crippen LogP contribution in [0.25, 0.3) is 11.1 Å². The van der Waals surface area contributed by atoms with Gasteiger partial charge in [-0.2, -0.15) is 0 Å². The number of carboxylic acid groups (broad SMARTS) is 1. The Morgan fingerprint density at radius 2 is 1.01 bits per heavy atom. The normalized spacial score (nSPS) is 11.8. The number of halogens is 4. The van der Waals surface area contributed by atoms with Crippen LogP contribution in [0.4, 0.5) is 14.4 Å². The van der Waals surface area contributed by atoms with Crippen LogP contribution in [0.1, 0.15) is 79.3 Å². The summed E-state index contributed by atoms with van der Waals surface area (Å²) >= 11 is 10.7. The van der Waals surface area contributed by atoms with Gasteiger partial charge in [0.25, 0.3) is 0 Å². The van der Waals surface area contributed by atoms with E-state index in [1.54, 1.807) is 93.0 Å². The van der Waals surface area contributed by atoms with Crippen molar-refractivity contribution in [2.75, 3.05) is 18.6 Å². The molecule has 0 unspecified atom stereocenters. The minimum Gasteiger partial charge on any atom is -0.480 e. The van der Waals surface area contributed by atoms with Crippen LogP contribution in [0, 0.1) is 10.6 Å². The summed E-state index contributed by atoms with van der Waals surface area (Å²) in [6.07, 6.45) is 3.36. The number of hydrogen-bond donors (Lipinski definition) is 4. The Balaban J connectivity index is 0. The number of rotatable bonds is 12. The monoisotopic (exact) mass is 1450 g/mol. The van der Waals surface area contributed by atoms with Gasteiger partial charge in [0.05, 0.1) is 14.2 Å². The van der Waals surface area contributed by atoms with E-state index in [9.17, 15) is 33.9 Å². The molecule has 4 N–H and O–H groups in total. The van der Waals surface area contributed by atoms with Gasteiger partial charge in [-0.25, -0.2) is 33.8 Å². The topological polar surface area (TPSA) is 244 Å². The first-order valence-electron chi connectivity index (χ1n) is 21.3. The number of amides is 3. The molecular weight excluding hydrogens is 1400 g/mol. The molecule has 4 aromatic rings. The number of nitrogens with one attached hydrogen (secondary N) is 3. The Hall–Kier alpha value is -3.55. The zero-order valence-electron chi connectivity index (χ0n) is 42.2. The first kappa shape index (κ1) is 70.5. The quantitative estimate of drug-likeness (QED) is 0.0258. The number of hydrogen-bond acceptors (Lipinski definition) is 14. The maximum absolute atomic E-state index is 11.8. The van der Waals surface area contributed by atoms with Crippen LogP contribution in [-0.2, 0) is 87.5 Å². The smallest absolute Gasteiger partial charge is 0.408 e. The van der Waals surface area contributed by atoms with Crippen molar-refractivity contribution in [3.05, 3.63) is 109 Å². The third kappa shape index (κ3) is 31.9. The van der Waals surface area contributed by atoms with Crippen LogP contribution < -0.4 is 16.0 Å². The van der Waals surface area contributed by atoms with Gasteiger partial charge >= 0.3 is 36.2 Å². The number of aromatic nitrogens is 3.